The summed E-state index contributed by atoms with van der Waals surface area (Å²) in [5.74, 6) is 0. The third-order valence-electron chi connectivity index (χ3n) is 6.92. The molecule has 3 aromatic heterocycles. The molecular weight excluding hydrogens is 434 g/mol. The smallest absolute Gasteiger partial charge is 0.136 e. The largest absolute Gasteiger partial charge is 0.456 e. The molecule has 0 spiro atoms. The average molecular weight is 452 g/mol. The molecule has 0 N–H and O–H groups in total. The van der Waals surface area contributed by atoms with Gasteiger partial charge in [0.15, 0.2) is 0 Å². The van der Waals surface area contributed by atoms with Crippen LogP contribution in [0.4, 0.5) is 0 Å². The predicted molar refractivity (Wildman–Crippen MR) is 145 cm³/mol. The molecule has 158 valence electrons. The molecule has 0 aliphatic carbocycles. The lowest BCUT2D eigenvalue weighted by Crippen LogP contribution is -1.86. The van der Waals surface area contributed by atoms with Crippen LogP contribution in [0.2, 0.25) is 0 Å². The van der Waals surface area contributed by atoms with E-state index in [1.165, 1.54) is 47.3 Å². The van der Waals surface area contributed by atoms with Crippen molar-refractivity contribution in [1.29, 1.82) is 0 Å². The molecule has 0 radical (unpaired) electrons. The minimum Gasteiger partial charge on any atom is -0.456 e. The number of nitrogens with zero attached hydrogens (tertiary/aromatic N) is 1. The Morgan fingerprint density at radius 1 is 0.559 bits per heavy atom. The Kier molecular flexibility index (Phi) is 3.57. The summed E-state index contributed by atoms with van der Waals surface area (Å²) in [5, 5.41) is 9.85. The van der Waals surface area contributed by atoms with E-state index in [0.29, 0.717) is 0 Å². The Morgan fingerprint density at radius 3 is 2.32 bits per heavy atom. The lowest BCUT2D eigenvalue weighted by molar-refractivity contribution is 0.669. The highest BCUT2D eigenvalue weighted by atomic mass is 32.1. The first kappa shape index (κ1) is 18.2. The monoisotopic (exact) mass is 451 g/mol. The predicted octanol–water partition coefficient (Wildman–Crippen LogP) is 9.32. The highest BCUT2D eigenvalue weighted by Gasteiger charge is 2.15. The van der Waals surface area contributed by atoms with E-state index in [4.69, 9.17) is 4.42 Å². The van der Waals surface area contributed by atoms with Crippen molar-refractivity contribution in [2.45, 2.75) is 0 Å². The summed E-state index contributed by atoms with van der Waals surface area (Å²) in [6.45, 7) is 0. The van der Waals surface area contributed by atoms with E-state index in [9.17, 15) is 0 Å². The van der Waals surface area contributed by atoms with Gasteiger partial charge in [-0.25, -0.2) is 0 Å². The van der Waals surface area contributed by atoms with E-state index in [1.807, 2.05) is 41.9 Å². The van der Waals surface area contributed by atoms with Crippen LogP contribution in [-0.2, 0) is 0 Å². The number of benzene rings is 5. The minimum absolute atomic E-state index is 0.922. The van der Waals surface area contributed by atoms with Crippen molar-refractivity contribution >= 4 is 75.0 Å². The molecule has 8 rings (SSSR count). The first-order chi connectivity index (χ1) is 16.8. The summed E-state index contributed by atoms with van der Waals surface area (Å²) in [6, 6.07) is 32.7. The minimum atomic E-state index is 0.922. The van der Waals surface area contributed by atoms with Gasteiger partial charge in [-0.05, 0) is 75.6 Å². The van der Waals surface area contributed by atoms with Gasteiger partial charge in [-0.15, -0.1) is 11.3 Å². The molecule has 0 aliphatic rings. The molecule has 8 aromatic rings. The van der Waals surface area contributed by atoms with Crippen LogP contribution in [0, 0.1) is 0 Å². The van der Waals surface area contributed by atoms with Crippen molar-refractivity contribution in [3.63, 3.8) is 0 Å². The third-order valence-corrected chi connectivity index (χ3v) is 8.05. The molecule has 0 saturated carbocycles. The molecule has 0 atom stereocenters. The van der Waals surface area contributed by atoms with Gasteiger partial charge in [0, 0.05) is 48.9 Å². The lowest BCUT2D eigenvalue weighted by Gasteiger charge is -2.12. The number of fused-ring (bicyclic) bond motifs is 9. The topological polar surface area (TPSA) is 26.0 Å². The van der Waals surface area contributed by atoms with Crippen molar-refractivity contribution in [1.82, 2.24) is 4.98 Å². The van der Waals surface area contributed by atoms with E-state index >= 15 is 0 Å². The maximum atomic E-state index is 6.29. The SMILES string of the molecule is c1cncc(-c2cc3cc4sc5ccccc5c4cc3c3cc4oc5ccccc5c4cc23)c1. The Morgan fingerprint density at radius 2 is 1.41 bits per heavy atom. The summed E-state index contributed by atoms with van der Waals surface area (Å²) in [5.41, 5.74) is 4.17. The maximum Gasteiger partial charge on any atom is 0.136 e. The van der Waals surface area contributed by atoms with Gasteiger partial charge >= 0.3 is 0 Å². The third kappa shape index (κ3) is 2.47. The van der Waals surface area contributed by atoms with Gasteiger partial charge < -0.3 is 4.42 Å². The van der Waals surface area contributed by atoms with Gasteiger partial charge in [-0.2, -0.15) is 0 Å². The summed E-state index contributed by atoms with van der Waals surface area (Å²) < 4.78 is 8.93. The van der Waals surface area contributed by atoms with Crippen LogP contribution >= 0.6 is 11.3 Å². The number of thiophene rings is 1. The van der Waals surface area contributed by atoms with Crippen LogP contribution in [0.15, 0.2) is 108 Å². The molecule has 0 unspecified atom stereocenters. The van der Waals surface area contributed by atoms with Crippen molar-refractivity contribution in [2.75, 3.05) is 0 Å². The standard InChI is InChI=1S/C31H17NOS/c1-3-9-28-20(7-1)26-15-24-22(18-6-5-11-32-17-18)12-19-13-31-27(21-8-2-4-10-30(21)34-31)14-23(19)25(24)16-29(26)33-28/h1-17H. The lowest BCUT2D eigenvalue weighted by atomic mass is 9.92. The summed E-state index contributed by atoms with van der Waals surface area (Å²) in [4.78, 5) is 4.41. The van der Waals surface area contributed by atoms with E-state index in [0.717, 1.165) is 27.5 Å². The molecule has 34 heavy (non-hydrogen) atoms. The van der Waals surface area contributed by atoms with Crippen LogP contribution in [0.3, 0.4) is 0 Å². The van der Waals surface area contributed by atoms with Crippen molar-refractivity contribution in [3.8, 4) is 11.1 Å². The number of aromatic nitrogens is 1. The van der Waals surface area contributed by atoms with Crippen LogP contribution in [0.5, 0.6) is 0 Å². The molecule has 5 aromatic carbocycles. The summed E-state index contributed by atoms with van der Waals surface area (Å²) >= 11 is 1.86. The van der Waals surface area contributed by atoms with E-state index in [1.54, 1.807) is 0 Å². The fraction of sp³-hybridized carbons (Fsp3) is 0. The molecule has 3 heterocycles. The van der Waals surface area contributed by atoms with Gasteiger partial charge in [0.2, 0.25) is 0 Å². The quantitative estimate of drug-likeness (QED) is 0.232. The zero-order valence-corrected chi connectivity index (χ0v) is 18.9. The van der Waals surface area contributed by atoms with Gasteiger partial charge in [0.05, 0.1) is 0 Å². The van der Waals surface area contributed by atoms with Crippen molar-refractivity contribution in [2.24, 2.45) is 0 Å². The first-order valence-corrected chi connectivity index (χ1v) is 12.2. The molecule has 3 heteroatoms. The summed E-state index contributed by atoms with van der Waals surface area (Å²) in [7, 11) is 0. The number of rotatable bonds is 1. The highest BCUT2D eigenvalue weighted by molar-refractivity contribution is 7.25. The number of hydrogen-bond acceptors (Lipinski definition) is 3. The number of para-hydroxylation sites is 1. The second kappa shape index (κ2) is 6.66. The fourth-order valence-corrected chi connectivity index (χ4v) is 6.49. The summed E-state index contributed by atoms with van der Waals surface area (Å²) in [6.07, 6.45) is 3.78. The van der Waals surface area contributed by atoms with Crippen LogP contribution in [-0.4, -0.2) is 4.98 Å². The van der Waals surface area contributed by atoms with Crippen molar-refractivity contribution in [3.05, 3.63) is 103 Å². The Balaban J connectivity index is 1.59. The number of pyridine rings is 1. The van der Waals surface area contributed by atoms with Crippen molar-refractivity contribution < 1.29 is 4.42 Å². The fourth-order valence-electron chi connectivity index (χ4n) is 5.35. The Bertz CT molecular complexity index is 2060. The van der Waals surface area contributed by atoms with Gasteiger partial charge in [-0.3, -0.25) is 4.98 Å². The van der Waals surface area contributed by atoms with Gasteiger partial charge in [0.1, 0.15) is 11.2 Å². The molecule has 0 saturated heterocycles. The van der Waals surface area contributed by atoms with E-state index in [-0.39, 0.29) is 0 Å². The Labute approximate surface area is 198 Å². The molecular formula is C31H17NOS. The van der Waals surface area contributed by atoms with Crippen LogP contribution in [0.1, 0.15) is 0 Å². The van der Waals surface area contributed by atoms with Gasteiger partial charge in [-0.1, -0.05) is 42.5 Å². The normalized spacial score (nSPS) is 12.1. The van der Waals surface area contributed by atoms with Gasteiger partial charge in [0.25, 0.3) is 0 Å². The molecule has 0 amide bonds. The zero-order chi connectivity index (χ0) is 22.2. The second-order valence-electron chi connectivity index (χ2n) is 8.83. The van der Waals surface area contributed by atoms with E-state index < -0.39 is 0 Å². The van der Waals surface area contributed by atoms with Crippen LogP contribution in [0.25, 0.3) is 74.8 Å². The number of furan rings is 1. The molecule has 0 fully saturated rings. The average Bonchev–Trinajstić information content (AvgIpc) is 3.43. The molecule has 2 nitrogen and oxygen atoms in total. The zero-order valence-electron chi connectivity index (χ0n) is 18.1. The van der Waals surface area contributed by atoms with E-state index in [2.05, 4.69) is 77.8 Å². The second-order valence-corrected chi connectivity index (χ2v) is 9.91. The Hall–Kier alpha value is -4.21. The highest BCUT2D eigenvalue weighted by Crippen LogP contribution is 2.43. The number of hydrogen-bond donors (Lipinski definition) is 0. The van der Waals surface area contributed by atoms with Crippen LogP contribution < -0.4 is 0 Å². The maximum absolute atomic E-state index is 6.29. The first-order valence-electron chi connectivity index (χ1n) is 11.4. The molecule has 0 bridgehead atoms. The molecule has 0 aliphatic heterocycles.